The lowest BCUT2D eigenvalue weighted by atomic mass is 9.98. The highest BCUT2D eigenvalue weighted by molar-refractivity contribution is 5.94. The number of carboxylic acids is 2. The van der Waals surface area contributed by atoms with Crippen LogP contribution in [-0.4, -0.2) is 58.1 Å². The van der Waals surface area contributed by atoms with Crippen molar-refractivity contribution in [3.05, 3.63) is 53.8 Å². The fourth-order valence-electron chi connectivity index (χ4n) is 2.90. The highest BCUT2D eigenvalue weighted by Crippen LogP contribution is 2.29. The smallest absolute Gasteiger partial charge is 0.328 e. The number of benzene rings is 1. The molecule has 1 aromatic carbocycles. The minimum atomic E-state index is -1.26. The van der Waals surface area contributed by atoms with E-state index in [0.717, 1.165) is 30.6 Å². The van der Waals surface area contributed by atoms with Crippen molar-refractivity contribution >= 4 is 34.3 Å². The molecule has 0 spiro atoms. The topological polar surface area (TPSA) is 137 Å². The number of amides is 1. The van der Waals surface area contributed by atoms with Crippen LogP contribution in [0.2, 0.25) is 0 Å². The van der Waals surface area contributed by atoms with Crippen molar-refractivity contribution in [2.24, 2.45) is 5.73 Å². The Bertz CT molecular complexity index is 926. The normalized spacial score (nSPS) is 14.4. The molecule has 0 saturated heterocycles. The average molecular weight is 385 g/mol. The number of nitrogens with zero attached hydrogens (tertiary/aromatic N) is 1. The number of H-pyrrole nitrogens is 1. The van der Waals surface area contributed by atoms with E-state index in [1.165, 1.54) is 16.5 Å². The first-order valence-electron chi connectivity index (χ1n) is 8.66. The van der Waals surface area contributed by atoms with E-state index >= 15 is 0 Å². The minimum Gasteiger partial charge on any atom is -0.478 e. The Labute approximate surface area is 161 Å². The van der Waals surface area contributed by atoms with Crippen molar-refractivity contribution in [1.29, 1.82) is 0 Å². The molecule has 148 valence electrons. The number of hydrogen-bond donors (Lipinski definition) is 4. The quantitative estimate of drug-likeness (QED) is 0.577. The van der Waals surface area contributed by atoms with Gasteiger partial charge in [0.05, 0.1) is 6.42 Å². The molecule has 0 saturated carbocycles. The third-order valence-electron chi connectivity index (χ3n) is 4.25. The first kappa shape index (κ1) is 20.9. The molecule has 8 heteroatoms. The van der Waals surface area contributed by atoms with Gasteiger partial charge in [0.1, 0.15) is 0 Å². The van der Waals surface area contributed by atoms with Crippen LogP contribution < -0.4 is 5.73 Å². The molecule has 0 atom stereocenters. The summed E-state index contributed by atoms with van der Waals surface area (Å²) < 4.78 is 0. The minimum absolute atomic E-state index is 0.292. The van der Waals surface area contributed by atoms with Gasteiger partial charge in [-0.15, -0.1) is 0 Å². The first-order valence-corrected chi connectivity index (χ1v) is 8.66. The fourth-order valence-corrected chi connectivity index (χ4v) is 2.90. The lowest BCUT2D eigenvalue weighted by Gasteiger charge is -2.21. The molecule has 0 fully saturated rings. The van der Waals surface area contributed by atoms with Crippen LogP contribution >= 0.6 is 0 Å². The molecule has 1 aliphatic heterocycles. The van der Waals surface area contributed by atoms with E-state index in [0.29, 0.717) is 18.6 Å². The van der Waals surface area contributed by atoms with Crippen LogP contribution in [-0.2, 0) is 20.8 Å². The molecule has 28 heavy (non-hydrogen) atoms. The lowest BCUT2D eigenvalue weighted by molar-refractivity contribution is -0.134. The Morgan fingerprint density at radius 3 is 2.43 bits per heavy atom. The molecular formula is C20H23N3O5. The molecule has 0 unspecified atom stereocenters. The summed E-state index contributed by atoms with van der Waals surface area (Å²) in [5.41, 5.74) is 9.98. The molecule has 0 radical (unpaired) electrons. The summed E-state index contributed by atoms with van der Waals surface area (Å²) in [4.78, 5) is 35.8. The fraction of sp³-hybridized carbons (Fsp3) is 0.250. The van der Waals surface area contributed by atoms with Gasteiger partial charge in [0.25, 0.3) is 0 Å². The standard InChI is InChI=1S/C16H19N3O.C4H4O4/c1-19-6-4-12(5-7-19)14-10-18-15-3-2-11(8-13(14)15)9-16(17)20;5-3(6)1-2-4(7)8/h2-4,8,10,18H,5-7,9H2,1H3,(H2,17,20);1-2H,(H,5,6)(H,7,8). The van der Waals surface area contributed by atoms with E-state index in [1.54, 1.807) is 0 Å². The summed E-state index contributed by atoms with van der Waals surface area (Å²) in [5.74, 6) is -2.81. The predicted molar refractivity (Wildman–Crippen MR) is 106 cm³/mol. The van der Waals surface area contributed by atoms with Gasteiger partial charge in [-0.2, -0.15) is 0 Å². The zero-order valence-corrected chi connectivity index (χ0v) is 15.5. The zero-order valence-electron chi connectivity index (χ0n) is 15.5. The number of aliphatic carboxylic acids is 2. The summed E-state index contributed by atoms with van der Waals surface area (Å²) >= 11 is 0. The van der Waals surface area contributed by atoms with Crippen molar-refractivity contribution in [3.63, 3.8) is 0 Å². The lowest BCUT2D eigenvalue weighted by Crippen LogP contribution is -2.23. The van der Waals surface area contributed by atoms with E-state index in [4.69, 9.17) is 15.9 Å². The van der Waals surface area contributed by atoms with Gasteiger partial charge < -0.3 is 25.8 Å². The largest absolute Gasteiger partial charge is 0.478 e. The van der Waals surface area contributed by atoms with Gasteiger partial charge in [0.2, 0.25) is 5.91 Å². The SMILES string of the molecule is CN1CC=C(c2c[nH]c3ccc(CC(N)=O)cc23)CC1.O=C(O)C=CC(=O)O. The van der Waals surface area contributed by atoms with Crippen molar-refractivity contribution in [3.8, 4) is 0 Å². The summed E-state index contributed by atoms with van der Waals surface area (Å²) in [5, 5.41) is 16.8. The summed E-state index contributed by atoms with van der Waals surface area (Å²) in [7, 11) is 2.13. The number of rotatable bonds is 5. The number of primary amides is 1. The first-order chi connectivity index (χ1) is 13.3. The Morgan fingerprint density at radius 2 is 1.89 bits per heavy atom. The van der Waals surface area contributed by atoms with Crippen molar-refractivity contribution in [2.45, 2.75) is 12.8 Å². The van der Waals surface area contributed by atoms with Crippen LogP contribution in [0.1, 0.15) is 17.5 Å². The van der Waals surface area contributed by atoms with E-state index < -0.39 is 11.9 Å². The Balaban J connectivity index is 0.000000300. The third-order valence-corrected chi connectivity index (χ3v) is 4.25. The van der Waals surface area contributed by atoms with Crippen molar-refractivity contribution < 1.29 is 24.6 Å². The Kier molecular flexibility index (Phi) is 7.11. The van der Waals surface area contributed by atoms with Crippen LogP contribution in [0.5, 0.6) is 0 Å². The number of nitrogens with one attached hydrogen (secondary N) is 1. The monoisotopic (exact) mass is 385 g/mol. The van der Waals surface area contributed by atoms with Gasteiger partial charge in [0.15, 0.2) is 0 Å². The van der Waals surface area contributed by atoms with E-state index in [9.17, 15) is 14.4 Å². The Morgan fingerprint density at radius 1 is 1.21 bits per heavy atom. The number of aromatic nitrogens is 1. The highest BCUT2D eigenvalue weighted by Gasteiger charge is 2.14. The number of nitrogens with two attached hydrogens (primary N) is 1. The molecule has 3 rings (SSSR count). The van der Waals surface area contributed by atoms with E-state index in [1.807, 2.05) is 12.1 Å². The molecular weight excluding hydrogens is 362 g/mol. The van der Waals surface area contributed by atoms with Crippen LogP contribution in [0.3, 0.4) is 0 Å². The van der Waals surface area contributed by atoms with Crippen LogP contribution in [0.25, 0.3) is 16.5 Å². The molecule has 2 aromatic rings. The molecule has 2 heterocycles. The maximum Gasteiger partial charge on any atom is 0.328 e. The van der Waals surface area contributed by atoms with Crippen LogP contribution in [0.15, 0.2) is 42.6 Å². The van der Waals surface area contributed by atoms with E-state index in [2.05, 4.69) is 35.3 Å². The van der Waals surface area contributed by atoms with Gasteiger partial charge in [0, 0.05) is 47.9 Å². The number of carbonyl (C=O) groups excluding carboxylic acids is 1. The van der Waals surface area contributed by atoms with Gasteiger partial charge in [-0.05, 0) is 36.7 Å². The number of likely N-dealkylation sites (N-methyl/N-ethyl adjacent to an activating group) is 1. The van der Waals surface area contributed by atoms with Crippen LogP contribution in [0.4, 0.5) is 0 Å². The maximum absolute atomic E-state index is 11.1. The highest BCUT2D eigenvalue weighted by atomic mass is 16.4. The second-order valence-electron chi connectivity index (χ2n) is 6.48. The summed E-state index contributed by atoms with van der Waals surface area (Å²) in [6, 6.07) is 6.05. The predicted octanol–water partition coefficient (Wildman–Crippen LogP) is 1.63. The number of aromatic amines is 1. The second-order valence-corrected chi connectivity index (χ2v) is 6.48. The van der Waals surface area contributed by atoms with Gasteiger partial charge in [-0.25, -0.2) is 9.59 Å². The molecule has 0 bridgehead atoms. The molecule has 5 N–H and O–H groups in total. The number of fused-ring (bicyclic) bond motifs is 1. The Hall–Kier alpha value is -3.39. The number of carbonyl (C=O) groups is 3. The molecule has 0 aliphatic carbocycles. The number of carboxylic acid groups (broad SMARTS) is 2. The van der Waals surface area contributed by atoms with E-state index in [-0.39, 0.29) is 5.91 Å². The second kappa shape index (κ2) is 9.52. The third kappa shape index (κ3) is 6.10. The molecule has 8 nitrogen and oxygen atoms in total. The van der Waals surface area contributed by atoms with Crippen molar-refractivity contribution in [1.82, 2.24) is 9.88 Å². The van der Waals surface area contributed by atoms with Gasteiger partial charge in [-0.1, -0.05) is 12.1 Å². The van der Waals surface area contributed by atoms with Gasteiger partial charge in [-0.3, -0.25) is 4.79 Å². The van der Waals surface area contributed by atoms with Gasteiger partial charge >= 0.3 is 11.9 Å². The average Bonchev–Trinajstić information content (AvgIpc) is 3.04. The zero-order chi connectivity index (χ0) is 20.7. The summed E-state index contributed by atoms with van der Waals surface area (Å²) in [6.45, 7) is 2.07. The van der Waals surface area contributed by atoms with Crippen LogP contribution in [0, 0.1) is 0 Å². The van der Waals surface area contributed by atoms with Crippen molar-refractivity contribution in [2.75, 3.05) is 20.1 Å². The number of hydrogen-bond acceptors (Lipinski definition) is 4. The molecule has 1 aromatic heterocycles. The molecule has 1 amide bonds. The maximum atomic E-state index is 11.1. The molecule has 1 aliphatic rings. The summed E-state index contributed by atoms with van der Waals surface area (Å²) in [6.07, 6.45) is 6.82.